The molecule has 2 atom stereocenters. The number of nitrogens with one attached hydrogen (secondary N) is 1. The van der Waals surface area contributed by atoms with Crippen LogP contribution in [-0.4, -0.2) is 28.7 Å². The number of phenolic OH excluding ortho intramolecular Hbond substituents is 1. The van der Waals surface area contributed by atoms with Crippen molar-refractivity contribution in [3.63, 3.8) is 0 Å². The Hall–Kier alpha value is -2.13. The first-order chi connectivity index (χ1) is 12.8. The maximum atomic E-state index is 12.4. The van der Waals surface area contributed by atoms with Crippen molar-refractivity contribution in [2.45, 2.75) is 26.4 Å². The predicted molar refractivity (Wildman–Crippen MR) is 111 cm³/mol. The van der Waals surface area contributed by atoms with Crippen LogP contribution in [-0.2, 0) is 4.74 Å². The van der Waals surface area contributed by atoms with Crippen LogP contribution in [0.25, 0.3) is 0 Å². The second-order valence-corrected chi connectivity index (χ2v) is 7.52. The summed E-state index contributed by atoms with van der Waals surface area (Å²) >= 11 is 2.12. The molecule has 0 heterocycles. The molecular formula is C20H22INO5. The average molecular weight is 483 g/mol. The molecule has 3 N–H and O–H groups in total. The molecule has 7 heteroatoms. The topological polar surface area (TPSA) is 95.9 Å². The van der Waals surface area contributed by atoms with Gasteiger partial charge in [-0.25, -0.2) is 4.79 Å². The Bertz CT molecular complexity index is 807. The minimum Gasteiger partial charge on any atom is -0.508 e. The van der Waals surface area contributed by atoms with E-state index in [1.165, 1.54) is 6.92 Å². The molecule has 0 unspecified atom stereocenters. The Balaban J connectivity index is 2.17. The minimum atomic E-state index is -0.719. The number of aromatic hydroxyl groups is 1. The molecule has 0 spiro atoms. The van der Waals surface area contributed by atoms with Crippen LogP contribution in [0.15, 0.2) is 42.5 Å². The van der Waals surface area contributed by atoms with Crippen molar-refractivity contribution < 1.29 is 24.5 Å². The number of amides is 1. The molecule has 0 fully saturated rings. The zero-order valence-corrected chi connectivity index (χ0v) is 17.3. The van der Waals surface area contributed by atoms with Crippen molar-refractivity contribution in [2.24, 2.45) is 5.92 Å². The molecule has 0 aliphatic heterocycles. The summed E-state index contributed by atoms with van der Waals surface area (Å²) in [6.07, 6.45) is -0.988. The third kappa shape index (κ3) is 5.93. The summed E-state index contributed by atoms with van der Waals surface area (Å²) in [6.45, 7) is 3.26. The molecule has 0 saturated heterocycles. The second kappa shape index (κ2) is 9.70. The summed E-state index contributed by atoms with van der Waals surface area (Å²) in [5, 5.41) is 22.1. The number of aliphatic hydroxyl groups is 1. The minimum absolute atomic E-state index is 0.0313. The van der Waals surface area contributed by atoms with Gasteiger partial charge in [0.2, 0.25) is 0 Å². The first-order valence-corrected chi connectivity index (χ1v) is 9.57. The maximum absolute atomic E-state index is 12.4. The summed E-state index contributed by atoms with van der Waals surface area (Å²) in [5.41, 5.74) is 1.53. The van der Waals surface area contributed by atoms with Gasteiger partial charge in [-0.3, -0.25) is 10.1 Å². The highest BCUT2D eigenvalue weighted by Gasteiger charge is 2.26. The first kappa shape index (κ1) is 21.2. The van der Waals surface area contributed by atoms with E-state index in [0.717, 1.165) is 3.57 Å². The predicted octanol–water partition coefficient (Wildman–Crippen LogP) is 4.51. The van der Waals surface area contributed by atoms with Gasteiger partial charge in [-0.05, 0) is 84.3 Å². The van der Waals surface area contributed by atoms with E-state index < -0.39 is 12.2 Å². The Kier molecular flexibility index (Phi) is 7.61. The van der Waals surface area contributed by atoms with Gasteiger partial charge in [0.25, 0.3) is 0 Å². The number of phenols is 1. The van der Waals surface area contributed by atoms with Gasteiger partial charge in [0.05, 0.1) is 0 Å². The van der Waals surface area contributed by atoms with Crippen LogP contribution in [0.4, 0.5) is 10.5 Å². The molecule has 1 amide bonds. The van der Waals surface area contributed by atoms with E-state index in [1.807, 2.05) is 6.92 Å². The fourth-order valence-electron chi connectivity index (χ4n) is 2.65. The van der Waals surface area contributed by atoms with Gasteiger partial charge in [0.1, 0.15) is 11.9 Å². The van der Waals surface area contributed by atoms with Crippen LogP contribution in [0.5, 0.6) is 5.75 Å². The Morgan fingerprint density at radius 1 is 1.19 bits per heavy atom. The number of anilines is 1. The average Bonchev–Trinajstić information content (AvgIpc) is 2.62. The molecule has 0 bridgehead atoms. The standard InChI is InChI=1S/C20H22INO5/c1-12(9-10-23)19(17-11-15(21)5-8-18(17)25)27-20(26)22-16-6-3-14(4-7-16)13(2)24/h3-8,11-12,19,23,25H,9-10H2,1-2H3,(H,22,26)/t12-,19+/m1/s1. The van der Waals surface area contributed by atoms with E-state index in [2.05, 4.69) is 27.9 Å². The lowest BCUT2D eigenvalue weighted by molar-refractivity contribution is 0.0652. The number of rotatable bonds is 7. The Morgan fingerprint density at radius 2 is 1.85 bits per heavy atom. The van der Waals surface area contributed by atoms with E-state index in [-0.39, 0.29) is 24.1 Å². The van der Waals surface area contributed by atoms with Crippen molar-refractivity contribution >= 4 is 40.2 Å². The van der Waals surface area contributed by atoms with Gasteiger partial charge in [-0.2, -0.15) is 0 Å². The summed E-state index contributed by atoms with van der Waals surface area (Å²) in [5.74, 6) is -0.232. The number of ketones is 1. The number of carbonyl (C=O) groups is 2. The number of halogens is 1. The van der Waals surface area contributed by atoms with Crippen molar-refractivity contribution in [1.29, 1.82) is 0 Å². The van der Waals surface area contributed by atoms with E-state index in [0.29, 0.717) is 23.2 Å². The van der Waals surface area contributed by atoms with Crippen molar-refractivity contribution in [1.82, 2.24) is 0 Å². The van der Waals surface area contributed by atoms with E-state index in [1.54, 1.807) is 42.5 Å². The van der Waals surface area contributed by atoms with Gasteiger partial charge >= 0.3 is 6.09 Å². The molecule has 0 radical (unpaired) electrons. The van der Waals surface area contributed by atoms with E-state index in [4.69, 9.17) is 4.74 Å². The molecule has 6 nitrogen and oxygen atoms in total. The Morgan fingerprint density at radius 3 is 2.44 bits per heavy atom. The highest BCUT2D eigenvalue weighted by atomic mass is 127. The van der Waals surface area contributed by atoms with Gasteiger partial charge in [0.15, 0.2) is 5.78 Å². The SMILES string of the molecule is CC(=O)c1ccc(NC(=O)O[C@H](c2cc(I)ccc2O)[C@H](C)CCO)cc1. The largest absolute Gasteiger partial charge is 0.508 e. The van der Waals surface area contributed by atoms with Crippen LogP contribution in [0.3, 0.4) is 0 Å². The van der Waals surface area contributed by atoms with Crippen molar-refractivity contribution in [3.05, 3.63) is 57.2 Å². The third-order valence-electron chi connectivity index (χ3n) is 4.17. The van der Waals surface area contributed by atoms with Gasteiger partial charge in [0, 0.05) is 27.0 Å². The molecule has 27 heavy (non-hydrogen) atoms. The molecule has 0 aliphatic carbocycles. The zero-order chi connectivity index (χ0) is 20.0. The lowest BCUT2D eigenvalue weighted by atomic mass is 9.94. The van der Waals surface area contributed by atoms with Gasteiger partial charge < -0.3 is 14.9 Å². The van der Waals surface area contributed by atoms with Crippen LogP contribution >= 0.6 is 22.6 Å². The lowest BCUT2D eigenvalue weighted by Crippen LogP contribution is -2.22. The number of benzene rings is 2. The zero-order valence-electron chi connectivity index (χ0n) is 15.1. The summed E-state index contributed by atoms with van der Waals surface area (Å²) in [6, 6.07) is 11.5. The molecule has 0 aliphatic rings. The van der Waals surface area contributed by atoms with Crippen LogP contribution in [0.1, 0.15) is 42.3 Å². The van der Waals surface area contributed by atoms with E-state index in [9.17, 15) is 19.8 Å². The molecule has 144 valence electrons. The summed E-state index contributed by atoms with van der Waals surface area (Å²) < 4.78 is 6.47. The van der Waals surface area contributed by atoms with Crippen LogP contribution in [0, 0.1) is 9.49 Å². The molecule has 2 aromatic rings. The first-order valence-electron chi connectivity index (χ1n) is 8.49. The lowest BCUT2D eigenvalue weighted by Gasteiger charge is -2.25. The van der Waals surface area contributed by atoms with E-state index >= 15 is 0 Å². The fourth-order valence-corrected chi connectivity index (χ4v) is 3.16. The summed E-state index contributed by atoms with van der Waals surface area (Å²) in [7, 11) is 0. The quantitative estimate of drug-likeness (QED) is 0.398. The Labute approximate surface area is 171 Å². The number of hydrogen-bond acceptors (Lipinski definition) is 5. The fraction of sp³-hybridized carbons (Fsp3) is 0.300. The maximum Gasteiger partial charge on any atom is 0.412 e. The number of carbonyl (C=O) groups excluding carboxylic acids is 2. The number of Topliss-reactive ketones (excluding diaryl/α,β-unsaturated/α-hetero) is 1. The third-order valence-corrected chi connectivity index (χ3v) is 4.84. The number of aliphatic hydroxyl groups excluding tert-OH is 1. The van der Waals surface area contributed by atoms with Crippen molar-refractivity contribution in [2.75, 3.05) is 11.9 Å². The van der Waals surface area contributed by atoms with Crippen LogP contribution in [0.2, 0.25) is 0 Å². The van der Waals surface area contributed by atoms with Gasteiger partial charge in [-0.15, -0.1) is 0 Å². The smallest absolute Gasteiger partial charge is 0.412 e. The molecule has 2 aromatic carbocycles. The molecule has 0 aromatic heterocycles. The highest BCUT2D eigenvalue weighted by molar-refractivity contribution is 14.1. The molecular weight excluding hydrogens is 461 g/mol. The summed E-state index contributed by atoms with van der Waals surface area (Å²) in [4.78, 5) is 23.7. The number of ether oxygens (including phenoxy) is 1. The monoisotopic (exact) mass is 483 g/mol. The second-order valence-electron chi connectivity index (χ2n) is 6.28. The molecule has 2 rings (SSSR count). The van der Waals surface area contributed by atoms with Gasteiger partial charge in [-0.1, -0.05) is 6.92 Å². The van der Waals surface area contributed by atoms with Crippen molar-refractivity contribution in [3.8, 4) is 5.75 Å². The number of hydrogen-bond donors (Lipinski definition) is 3. The normalized spacial score (nSPS) is 12.9. The van der Waals surface area contributed by atoms with Crippen LogP contribution < -0.4 is 5.32 Å². The highest BCUT2D eigenvalue weighted by Crippen LogP contribution is 2.35. The molecule has 0 saturated carbocycles.